The monoisotopic (exact) mass is 220 g/mol. The van der Waals surface area contributed by atoms with Crippen molar-refractivity contribution in [1.82, 2.24) is 0 Å². The molecule has 86 valence electrons. The van der Waals surface area contributed by atoms with E-state index in [4.69, 9.17) is 9.15 Å². The maximum Gasteiger partial charge on any atom is 0.134 e. The van der Waals surface area contributed by atoms with Crippen molar-refractivity contribution in [3.63, 3.8) is 0 Å². The lowest BCUT2D eigenvalue weighted by Crippen LogP contribution is -2.13. The van der Waals surface area contributed by atoms with Crippen molar-refractivity contribution < 1.29 is 14.3 Å². The molecule has 0 fully saturated rings. The van der Waals surface area contributed by atoms with E-state index in [0.29, 0.717) is 12.4 Å². The number of benzene rings is 1. The summed E-state index contributed by atoms with van der Waals surface area (Å²) in [6.07, 6.45) is -0.618. The number of para-hydroxylation sites is 1. The highest BCUT2D eigenvalue weighted by Gasteiger charge is 2.20. The van der Waals surface area contributed by atoms with E-state index in [0.717, 1.165) is 11.0 Å². The Morgan fingerprint density at radius 1 is 1.38 bits per heavy atom. The molecule has 1 N–H and O–H groups in total. The van der Waals surface area contributed by atoms with Gasteiger partial charge in [-0.2, -0.15) is 0 Å². The molecule has 3 nitrogen and oxygen atoms in total. The summed E-state index contributed by atoms with van der Waals surface area (Å²) in [6, 6.07) is 9.61. The molecule has 2 aromatic rings. The van der Waals surface area contributed by atoms with Crippen molar-refractivity contribution in [3.8, 4) is 0 Å². The minimum Gasteiger partial charge on any atom is -0.458 e. The zero-order chi connectivity index (χ0) is 11.5. The average Bonchev–Trinajstić information content (AvgIpc) is 2.71. The standard InChI is InChI=1S/C13H16O3/c1-9(8-15-2)13(14)12-7-10-5-3-4-6-11(10)16-12/h3-7,9,13-14H,8H2,1-2H3. The number of hydrogen-bond donors (Lipinski definition) is 1. The molecule has 1 aromatic heterocycles. The maximum atomic E-state index is 10.0. The summed E-state index contributed by atoms with van der Waals surface area (Å²) in [7, 11) is 1.63. The van der Waals surface area contributed by atoms with Crippen LogP contribution in [0.3, 0.4) is 0 Å². The number of fused-ring (bicyclic) bond motifs is 1. The number of rotatable bonds is 4. The first-order valence-corrected chi connectivity index (χ1v) is 5.38. The molecule has 16 heavy (non-hydrogen) atoms. The highest BCUT2D eigenvalue weighted by Crippen LogP contribution is 2.28. The Bertz CT molecular complexity index is 428. The van der Waals surface area contributed by atoms with E-state index in [1.165, 1.54) is 0 Å². The Kier molecular flexibility index (Phi) is 3.27. The number of aliphatic hydroxyl groups excluding tert-OH is 1. The third-order valence-corrected chi connectivity index (χ3v) is 2.70. The highest BCUT2D eigenvalue weighted by molar-refractivity contribution is 5.77. The number of furan rings is 1. The number of hydrogen-bond acceptors (Lipinski definition) is 3. The van der Waals surface area contributed by atoms with Gasteiger partial charge in [-0.25, -0.2) is 0 Å². The van der Waals surface area contributed by atoms with Crippen LogP contribution in [0.4, 0.5) is 0 Å². The van der Waals surface area contributed by atoms with Gasteiger partial charge >= 0.3 is 0 Å². The molecule has 2 atom stereocenters. The average molecular weight is 220 g/mol. The SMILES string of the molecule is COCC(C)C(O)c1cc2ccccc2o1. The van der Waals surface area contributed by atoms with Gasteiger partial charge < -0.3 is 14.3 Å². The van der Waals surface area contributed by atoms with Gasteiger partial charge in [-0.3, -0.25) is 0 Å². The van der Waals surface area contributed by atoms with Crippen LogP contribution < -0.4 is 0 Å². The summed E-state index contributed by atoms with van der Waals surface area (Å²) in [5, 5.41) is 11.1. The van der Waals surface area contributed by atoms with Gasteiger partial charge in [0.2, 0.25) is 0 Å². The molecule has 0 saturated carbocycles. The van der Waals surface area contributed by atoms with Crippen molar-refractivity contribution in [2.45, 2.75) is 13.0 Å². The van der Waals surface area contributed by atoms with Crippen molar-refractivity contribution in [2.24, 2.45) is 5.92 Å². The van der Waals surface area contributed by atoms with E-state index in [-0.39, 0.29) is 5.92 Å². The van der Waals surface area contributed by atoms with E-state index in [1.54, 1.807) is 7.11 Å². The lowest BCUT2D eigenvalue weighted by molar-refractivity contribution is 0.0440. The Morgan fingerprint density at radius 3 is 2.81 bits per heavy atom. The van der Waals surface area contributed by atoms with Gasteiger partial charge in [-0.05, 0) is 12.1 Å². The summed E-state index contributed by atoms with van der Waals surface area (Å²) in [5.41, 5.74) is 0.807. The van der Waals surface area contributed by atoms with Gasteiger partial charge in [-0.1, -0.05) is 25.1 Å². The van der Waals surface area contributed by atoms with Gasteiger partial charge in [0.05, 0.1) is 6.61 Å². The van der Waals surface area contributed by atoms with E-state index in [1.807, 2.05) is 37.3 Å². The van der Waals surface area contributed by atoms with Crippen molar-refractivity contribution in [1.29, 1.82) is 0 Å². The fourth-order valence-electron chi connectivity index (χ4n) is 1.78. The predicted molar refractivity (Wildman–Crippen MR) is 62.2 cm³/mol. The molecule has 0 bridgehead atoms. The van der Waals surface area contributed by atoms with Crippen LogP contribution in [0.1, 0.15) is 18.8 Å². The van der Waals surface area contributed by atoms with Crippen LogP contribution in [0.5, 0.6) is 0 Å². The van der Waals surface area contributed by atoms with E-state index >= 15 is 0 Å². The lowest BCUT2D eigenvalue weighted by atomic mass is 10.0. The minimum absolute atomic E-state index is 0.0190. The Labute approximate surface area is 94.6 Å². The molecule has 0 radical (unpaired) electrons. The van der Waals surface area contributed by atoms with Gasteiger partial charge in [0.25, 0.3) is 0 Å². The summed E-state index contributed by atoms with van der Waals surface area (Å²) in [6.45, 7) is 2.44. The number of methoxy groups -OCH3 is 1. The summed E-state index contributed by atoms with van der Waals surface area (Å²) >= 11 is 0. The zero-order valence-corrected chi connectivity index (χ0v) is 9.51. The number of ether oxygens (including phenoxy) is 1. The lowest BCUT2D eigenvalue weighted by Gasteiger charge is -2.15. The third kappa shape index (κ3) is 2.10. The fraction of sp³-hybridized carbons (Fsp3) is 0.385. The Hall–Kier alpha value is -1.32. The van der Waals surface area contributed by atoms with E-state index in [9.17, 15) is 5.11 Å². The molecule has 2 unspecified atom stereocenters. The molecule has 2 rings (SSSR count). The van der Waals surface area contributed by atoms with Crippen LogP contribution in [0, 0.1) is 5.92 Å². The molecule has 3 heteroatoms. The van der Waals surface area contributed by atoms with E-state index < -0.39 is 6.10 Å². The molecule has 0 aliphatic carbocycles. The van der Waals surface area contributed by atoms with Gasteiger partial charge in [0.15, 0.2) is 0 Å². The van der Waals surface area contributed by atoms with Crippen LogP contribution in [-0.2, 0) is 4.74 Å². The summed E-state index contributed by atoms with van der Waals surface area (Å²) < 4.78 is 10.6. The fourth-order valence-corrected chi connectivity index (χ4v) is 1.78. The molecule has 0 spiro atoms. The van der Waals surface area contributed by atoms with Crippen LogP contribution in [0.25, 0.3) is 11.0 Å². The molecule has 1 aromatic carbocycles. The molecule has 0 amide bonds. The quantitative estimate of drug-likeness (QED) is 0.861. The van der Waals surface area contributed by atoms with Crippen molar-refractivity contribution >= 4 is 11.0 Å². The molecule has 0 saturated heterocycles. The predicted octanol–water partition coefficient (Wildman–Crippen LogP) is 2.75. The normalized spacial score (nSPS) is 15.2. The second kappa shape index (κ2) is 4.68. The van der Waals surface area contributed by atoms with E-state index in [2.05, 4.69) is 0 Å². The zero-order valence-electron chi connectivity index (χ0n) is 9.51. The van der Waals surface area contributed by atoms with Crippen LogP contribution >= 0.6 is 0 Å². The Balaban J connectivity index is 2.26. The smallest absolute Gasteiger partial charge is 0.134 e. The maximum absolute atomic E-state index is 10.0. The van der Waals surface area contributed by atoms with Gasteiger partial charge in [0, 0.05) is 18.4 Å². The second-order valence-electron chi connectivity index (χ2n) is 4.06. The van der Waals surface area contributed by atoms with Gasteiger partial charge in [0.1, 0.15) is 17.4 Å². The van der Waals surface area contributed by atoms with Crippen molar-refractivity contribution in [2.75, 3.05) is 13.7 Å². The molecule has 0 aliphatic heterocycles. The summed E-state index contributed by atoms with van der Waals surface area (Å²) in [4.78, 5) is 0. The molecule has 1 heterocycles. The van der Waals surface area contributed by atoms with Crippen molar-refractivity contribution in [3.05, 3.63) is 36.1 Å². The largest absolute Gasteiger partial charge is 0.458 e. The highest BCUT2D eigenvalue weighted by atomic mass is 16.5. The minimum atomic E-state index is -0.618. The topological polar surface area (TPSA) is 42.6 Å². The third-order valence-electron chi connectivity index (χ3n) is 2.70. The summed E-state index contributed by atoms with van der Waals surface area (Å²) in [5.74, 6) is 0.622. The first-order valence-electron chi connectivity index (χ1n) is 5.38. The molecular formula is C13H16O3. The molecular weight excluding hydrogens is 204 g/mol. The molecule has 0 aliphatic rings. The second-order valence-corrected chi connectivity index (χ2v) is 4.06. The number of aliphatic hydroxyl groups is 1. The van der Waals surface area contributed by atoms with Gasteiger partial charge in [-0.15, -0.1) is 0 Å². The van der Waals surface area contributed by atoms with Crippen LogP contribution in [0.2, 0.25) is 0 Å². The van der Waals surface area contributed by atoms with Crippen LogP contribution in [0.15, 0.2) is 34.7 Å². The Morgan fingerprint density at radius 2 is 2.12 bits per heavy atom. The first-order chi connectivity index (χ1) is 7.72. The first kappa shape index (κ1) is 11.2. The van der Waals surface area contributed by atoms with Crippen LogP contribution in [-0.4, -0.2) is 18.8 Å².